The zero-order valence-electron chi connectivity index (χ0n) is 11.3. The zero-order valence-corrected chi connectivity index (χ0v) is 11.3. The lowest BCUT2D eigenvalue weighted by Crippen LogP contribution is -2.33. The van der Waals surface area contributed by atoms with Gasteiger partial charge in [0.1, 0.15) is 5.75 Å². The Morgan fingerprint density at radius 1 is 1.22 bits per heavy atom. The number of hydrogen-bond donors (Lipinski definition) is 0. The molecule has 1 fully saturated rings. The zero-order chi connectivity index (χ0) is 12.8. The Kier molecular flexibility index (Phi) is 4.66. The van der Waals surface area contributed by atoms with Crippen LogP contribution < -0.4 is 4.74 Å². The Hall–Kier alpha value is -1.46. The molecule has 1 aliphatic heterocycles. The summed E-state index contributed by atoms with van der Waals surface area (Å²) in [5.41, 5.74) is 1.44. The Morgan fingerprint density at radius 2 is 1.89 bits per heavy atom. The van der Waals surface area contributed by atoms with E-state index >= 15 is 0 Å². The molecule has 1 aromatic rings. The molecule has 0 bridgehead atoms. The van der Waals surface area contributed by atoms with Crippen molar-refractivity contribution in [3.8, 4) is 17.6 Å². The smallest absolute Gasteiger partial charge is 0.118 e. The topological polar surface area (TPSA) is 12.5 Å². The highest BCUT2D eigenvalue weighted by atomic mass is 16.5. The summed E-state index contributed by atoms with van der Waals surface area (Å²) in [7, 11) is 1.71. The van der Waals surface area contributed by atoms with Crippen molar-refractivity contribution in [3.63, 3.8) is 0 Å². The number of piperidine rings is 1. The molecule has 1 aromatic carbocycles. The van der Waals surface area contributed by atoms with Crippen LogP contribution in [-0.2, 0) is 0 Å². The summed E-state index contributed by atoms with van der Waals surface area (Å²) < 4.78 is 5.19. The average molecular weight is 243 g/mol. The van der Waals surface area contributed by atoms with Gasteiger partial charge in [0.2, 0.25) is 0 Å². The van der Waals surface area contributed by atoms with Gasteiger partial charge in [-0.25, -0.2) is 0 Å². The van der Waals surface area contributed by atoms with Crippen LogP contribution in [0.5, 0.6) is 5.75 Å². The third kappa shape index (κ3) is 3.27. The number of ether oxygens (including phenoxy) is 1. The first-order valence-electron chi connectivity index (χ1n) is 6.59. The van der Waals surface area contributed by atoms with Gasteiger partial charge in [0.25, 0.3) is 0 Å². The van der Waals surface area contributed by atoms with Gasteiger partial charge in [-0.1, -0.05) is 18.1 Å². The van der Waals surface area contributed by atoms with Crippen molar-refractivity contribution in [1.29, 1.82) is 0 Å². The van der Waals surface area contributed by atoms with Crippen molar-refractivity contribution < 1.29 is 4.74 Å². The van der Waals surface area contributed by atoms with Gasteiger partial charge >= 0.3 is 0 Å². The molecule has 1 aliphatic rings. The number of likely N-dealkylation sites (tertiary alicyclic amines) is 1. The van der Waals surface area contributed by atoms with E-state index in [0.29, 0.717) is 5.92 Å². The summed E-state index contributed by atoms with van der Waals surface area (Å²) in [6.07, 6.45) is 2.47. The van der Waals surface area contributed by atoms with Crippen LogP contribution >= 0.6 is 0 Å². The van der Waals surface area contributed by atoms with Gasteiger partial charge in [-0.05, 0) is 56.5 Å². The average Bonchev–Trinajstić information content (AvgIpc) is 2.46. The minimum absolute atomic E-state index is 0.696. The minimum atomic E-state index is 0.696. The predicted octanol–water partition coefficient (Wildman–Crippen LogP) is 2.90. The van der Waals surface area contributed by atoms with Gasteiger partial charge in [-0.3, -0.25) is 4.90 Å². The fourth-order valence-corrected chi connectivity index (χ4v) is 2.49. The second-order valence-corrected chi connectivity index (χ2v) is 4.75. The van der Waals surface area contributed by atoms with Gasteiger partial charge in [0.05, 0.1) is 13.7 Å². The number of methoxy groups -OCH3 is 1. The highest BCUT2D eigenvalue weighted by molar-refractivity contribution is 5.29. The number of rotatable bonds is 3. The van der Waals surface area contributed by atoms with Crippen molar-refractivity contribution in [1.82, 2.24) is 4.90 Å². The van der Waals surface area contributed by atoms with E-state index in [2.05, 4.69) is 41.0 Å². The SMILES string of the molecule is CC#CCN1CCC(c2ccc(OC)cc2)CC1. The second kappa shape index (κ2) is 6.47. The third-order valence-corrected chi connectivity index (χ3v) is 3.65. The van der Waals surface area contributed by atoms with Crippen LogP contribution in [0.2, 0.25) is 0 Å². The lowest BCUT2D eigenvalue weighted by atomic mass is 9.89. The first-order chi connectivity index (χ1) is 8.83. The Bertz CT molecular complexity index is 419. The predicted molar refractivity (Wildman–Crippen MR) is 74.9 cm³/mol. The molecule has 0 aromatic heterocycles. The van der Waals surface area contributed by atoms with Crippen LogP contribution in [0, 0.1) is 11.8 Å². The molecule has 0 amide bonds. The standard InChI is InChI=1S/C16H21NO/c1-3-4-11-17-12-9-15(10-13-17)14-5-7-16(18-2)8-6-14/h5-8,15H,9-13H2,1-2H3. The van der Waals surface area contributed by atoms with E-state index in [4.69, 9.17) is 4.74 Å². The molecule has 96 valence electrons. The Balaban J connectivity index is 1.89. The van der Waals surface area contributed by atoms with E-state index in [-0.39, 0.29) is 0 Å². The Labute approximate surface area is 110 Å². The first kappa shape index (κ1) is 13.0. The molecule has 2 rings (SSSR count). The van der Waals surface area contributed by atoms with Crippen molar-refractivity contribution in [3.05, 3.63) is 29.8 Å². The van der Waals surface area contributed by atoms with Crippen molar-refractivity contribution in [2.45, 2.75) is 25.7 Å². The molecule has 0 radical (unpaired) electrons. The molecule has 2 heteroatoms. The maximum atomic E-state index is 5.19. The molecule has 18 heavy (non-hydrogen) atoms. The van der Waals surface area contributed by atoms with E-state index in [1.807, 2.05) is 6.92 Å². The molecule has 2 nitrogen and oxygen atoms in total. The summed E-state index contributed by atoms with van der Waals surface area (Å²) in [5, 5.41) is 0. The van der Waals surface area contributed by atoms with Crippen LogP contribution in [0.15, 0.2) is 24.3 Å². The molecule has 0 spiro atoms. The van der Waals surface area contributed by atoms with Gasteiger partial charge in [-0.15, -0.1) is 5.92 Å². The van der Waals surface area contributed by atoms with E-state index in [1.54, 1.807) is 7.11 Å². The summed E-state index contributed by atoms with van der Waals surface area (Å²) >= 11 is 0. The molecule has 0 aliphatic carbocycles. The van der Waals surface area contributed by atoms with E-state index < -0.39 is 0 Å². The van der Waals surface area contributed by atoms with E-state index in [9.17, 15) is 0 Å². The van der Waals surface area contributed by atoms with Crippen molar-refractivity contribution in [2.75, 3.05) is 26.7 Å². The molecule has 0 atom stereocenters. The fourth-order valence-electron chi connectivity index (χ4n) is 2.49. The summed E-state index contributed by atoms with van der Waals surface area (Å²) in [6, 6.07) is 8.52. The Morgan fingerprint density at radius 3 is 2.44 bits per heavy atom. The molecular formula is C16H21NO. The van der Waals surface area contributed by atoms with Gasteiger partial charge < -0.3 is 4.74 Å². The molecular weight excluding hydrogens is 222 g/mol. The largest absolute Gasteiger partial charge is 0.497 e. The summed E-state index contributed by atoms with van der Waals surface area (Å²) in [5.74, 6) is 7.75. The lowest BCUT2D eigenvalue weighted by molar-refractivity contribution is 0.235. The number of benzene rings is 1. The van der Waals surface area contributed by atoms with Gasteiger partial charge in [-0.2, -0.15) is 0 Å². The molecule has 1 saturated heterocycles. The minimum Gasteiger partial charge on any atom is -0.497 e. The van der Waals surface area contributed by atoms with Crippen LogP contribution in [0.25, 0.3) is 0 Å². The maximum Gasteiger partial charge on any atom is 0.118 e. The maximum absolute atomic E-state index is 5.19. The van der Waals surface area contributed by atoms with Crippen molar-refractivity contribution >= 4 is 0 Å². The van der Waals surface area contributed by atoms with Crippen molar-refractivity contribution in [2.24, 2.45) is 0 Å². The number of hydrogen-bond acceptors (Lipinski definition) is 2. The highest BCUT2D eigenvalue weighted by Crippen LogP contribution is 2.28. The first-order valence-corrected chi connectivity index (χ1v) is 6.59. The molecule has 0 saturated carbocycles. The van der Waals surface area contributed by atoms with Gasteiger partial charge in [0.15, 0.2) is 0 Å². The second-order valence-electron chi connectivity index (χ2n) is 4.75. The summed E-state index contributed by atoms with van der Waals surface area (Å²) in [6.45, 7) is 5.15. The normalized spacial score (nSPS) is 17.0. The quantitative estimate of drug-likeness (QED) is 0.757. The molecule has 0 N–H and O–H groups in total. The van der Waals surface area contributed by atoms with Crippen LogP contribution in [-0.4, -0.2) is 31.6 Å². The monoisotopic (exact) mass is 243 g/mol. The number of nitrogens with zero attached hydrogens (tertiary/aromatic N) is 1. The third-order valence-electron chi connectivity index (χ3n) is 3.65. The lowest BCUT2D eigenvalue weighted by Gasteiger charge is -2.30. The van der Waals surface area contributed by atoms with Crippen LogP contribution in [0.1, 0.15) is 31.2 Å². The summed E-state index contributed by atoms with van der Waals surface area (Å²) in [4.78, 5) is 2.44. The fraction of sp³-hybridized carbons (Fsp3) is 0.500. The molecule has 1 heterocycles. The highest BCUT2D eigenvalue weighted by Gasteiger charge is 2.19. The van der Waals surface area contributed by atoms with E-state index in [1.165, 1.54) is 18.4 Å². The van der Waals surface area contributed by atoms with Crippen LogP contribution in [0.3, 0.4) is 0 Å². The van der Waals surface area contributed by atoms with E-state index in [0.717, 1.165) is 25.4 Å². The molecule has 0 unspecified atom stereocenters. The van der Waals surface area contributed by atoms with Crippen LogP contribution in [0.4, 0.5) is 0 Å². The van der Waals surface area contributed by atoms with Gasteiger partial charge in [0, 0.05) is 0 Å².